The van der Waals surface area contributed by atoms with Crippen LogP contribution in [0.15, 0.2) is 18.2 Å². The molecule has 1 aromatic rings. The van der Waals surface area contributed by atoms with Crippen LogP contribution in [-0.4, -0.2) is 30.4 Å². The number of rotatable bonds is 4. The van der Waals surface area contributed by atoms with E-state index in [2.05, 4.69) is 4.74 Å². The van der Waals surface area contributed by atoms with Crippen LogP contribution in [0.2, 0.25) is 0 Å². The molecule has 6 heteroatoms. The molecule has 0 fully saturated rings. The number of methoxy groups -OCH3 is 1. The zero-order valence-electron chi connectivity index (χ0n) is 13.5. The molecule has 6 nitrogen and oxygen atoms in total. The van der Waals surface area contributed by atoms with Gasteiger partial charge in [-0.1, -0.05) is 27.7 Å². The molecule has 0 amide bonds. The average Bonchev–Trinajstić information content (AvgIpc) is 2.48. The van der Waals surface area contributed by atoms with Gasteiger partial charge in [0.05, 0.1) is 18.9 Å². The summed E-state index contributed by atoms with van der Waals surface area (Å²) >= 11 is 0. The topological polar surface area (TPSA) is 89.9 Å². The molecule has 0 saturated heterocycles. The summed E-state index contributed by atoms with van der Waals surface area (Å²) in [6.45, 7) is 6.76. The first-order chi connectivity index (χ1) is 10.2. The lowest BCUT2D eigenvalue weighted by atomic mass is 10.2. The van der Waals surface area contributed by atoms with Crippen LogP contribution >= 0.6 is 0 Å². The van der Waals surface area contributed by atoms with Gasteiger partial charge in [0.1, 0.15) is 6.29 Å². The van der Waals surface area contributed by atoms with Gasteiger partial charge in [-0.15, -0.1) is 0 Å². The number of hydrogen-bond acceptors (Lipinski definition) is 6. The Morgan fingerprint density at radius 2 is 1.59 bits per heavy atom. The van der Waals surface area contributed by atoms with E-state index in [-0.39, 0.29) is 17.6 Å². The predicted molar refractivity (Wildman–Crippen MR) is 80.8 cm³/mol. The zero-order chi connectivity index (χ0) is 17.3. The van der Waals surface area contributed by atoms with Crippen molar-refractivity contribution >= 4 is 18.2 Å². The average molecular weight is 310 g/mol. The summed E-state index contributed by atoms with van der Waals surface area (Å²) < 4.78 is 9.27. The summed E-state index contributed by atoms with van der Waals surface area (Å²) in [7, 11) is 1.43. The highest BCUT2D eigenvalue weighted by Crippen LogP contribution is 2.25. The smallest absolute Gasteiger partial charge is 0.316 e. The molecule has 0 aliphatic carbocycles. The molecule has 0 spiro atoms. The molecular formula is C16H22O6. The van der Waals surface area contributed by atoms with Gasteiger partial charge in [-0.3, -0.25) is 14.4 Å². The SMILES string of the molecule is CC(C)C(=O)OC(=O)C(C)C.COc1cc(C=O)ccc1O. The van der Waals surface area contributed by atoms with Gasteiger partial charge in [0.25, 0.3) is 0 Å². The molecule has 0 aromatic heterocycles. The van der Waals surface area contributed by atoms with Gasteiger partial charge in [-0.05, 0) is 18.2 Å². The highest BCUT2D eigenvalue weighted by Gasteiger charge is 2.16. The maximum Gasteiger partial charge on any atom is 0.316 e. The van der Waals surface area contributed by atoms with Crippen molar-refractivity contribution in [3.63, 3.8) is 0 Å². The van der Waals surface area contributed by atoms with Crippen molar-refractivity contribution in [1.29, 1.82) is 0 Å². The first-order valence-corrected chi connectivity index (χ1v) is 6.80. The molecule has 0 atom stereocenters. The van der Waals surface area contributed by atoms with Crippen LogP contribution in [0.5, 0.6) is 11.5 Å². The Morgan fingerprint density at radius 3 is 1.95 bits per heavy atom. The third-order valence-corrected chi connectivity index (χ3v) is 2.48. The van der Waals surface area contributed by atoms with Crippen LogP contribution in [-0.2, 0) is 14.3 Å². The van der Waals surface area contributed by atoms with E-state index in [9.17, 15) is 14.4 Å². The molecule has 0 unspecified atom stereocenters. The van der Waals surface area contributed by atoms with Crippen molar-refractivity contribution in [1.82, 2.24) is 0 Å². The Hall–Kier alpha value is -2.37. The largest absolute Gasteiger partial charge is 0.504 e. The van der Waals surface area contributed by atoms with E-state index in [4.69, 9.17) is 9.84 Å². The molecule has 1 N–H and O–H groups in total. The standard InChI is InChI=1S/C8H8O3.C8H14O3/c1-11-8-4-6(5-9)2-3-7(8)10;1-5(2)7(9)11-8(10)6(3)4/h2-5,10H,1H3;5-6H,1-4H3. The van der Waals surface area contributed by atoms with Crippen molar-refractivity contribution < 1.29 is 29.0 Å². The van der Waals surface area contributed by atoms with Gasteiger partial charge >= 0.3 is 11.9 Å². The number of carbonyl (C=O) groups excluding carboxylic acids is 3. The molecule has 0 bridgehead atoms. The number of phenolic OH excluding ortho intramolecular Hbond substituents is 1. The van der Waals surface area contributed by atoms with Gasteiger partial charge in [0, 0.05) is 5.56 Å². The van der Waals surface area contributed by atoms with E-state index in [0.29, 0.717) is 17.6 Å². The molecule has 0 aliphatic heterocycles. The van der Waals surface area contributed by atoms with Crippen molar-refractivity contribution in [2.45, 2.75) is 27.7 Å². The van der Waals surface area contributed by atoms with Gasteiger partial charge in [-0.25, -0.2) is 0 Å². The fourth-order valence-corrected chi connectivity index (χ4v) is 1.10. The van der Waals surface area contributed by atoms with E-state index in [1.54, 1.807) is 27.7 Å². The predicted octanol–water partition coefficient (Wildman–Crippen LogP) is 2.58. The van der Waals surface area contributed by atoms with Crippen LogP contribution in [0.1, 0.15) is 38.1 Å². The molecule has 0 saturated carbocycles. The lowest BCUT2D eigenvalue weighted by Gasteiger charge is -2.06. The Bertz CT molecular complexity index is 501. The second-order valence-corrected chi connectivity index (χ2v) is 5.10. The fraction of sp³-hybridized carbons (Fsp3) is 0.438. The van der Waals surface area contributed by atoms with E-state index in [0.717, 1.165) is 0 Å². The number of carbonyl (C=O) groups is 3. The van der Waals surface area contributed by atoms with Crippen LogP contribution in [0.3, 0.4) is 0 Å². The summed E-state index contributed by atoms with van der Waals surface area (Å²) in [5.41, 5.74) is 0.486. The third-order valence-electron chi connectivity index (χ3n) is 2.48. The summed E-state index contributed by atoms with van der Waals surface area (Å²) in [6.07, 6.45) is 0.696. The second kappa shape index (κ2) is 9.55. The van der Waals surface area contributed by atoms with Crippen molar-refractivity contribution in [2.24, 2.45) is 11.8 Å². The first kappa shape index (κ1) is 19.6. The minimum Gasteiger partial charge on any atom is -0.504 e. The lowest BCUT2D eigenvalue weighted by molar-refractivity contribution is -0.164. The van der Waals surface area contributed by atoms with E-state index < -0.39 is 11.9 Å². The number of aromatic hydroxyl groups is 1. The summed E-state index contributed by atoms with van der Waals surface area (Å²) in [4.78, 5) is 31.9. The number of ether oxygens (including phenoxy) is 2. The summed E-state index contributed by atoms with van der Waals surface area (Å²) in [6, 6.07) is 4.41. The highest BCUT2D eigenvalue weighted by molar-refractivity contribution is 5.87. The molecule has 122 valence electrons. The maximum atomic E-state index is 10.8. The van der Waals surface area contributed by atoms with E-state index in [1.165, 1.54) is 25.3 Å². The van der Waals surface area contributed by atoms with Gasteiger partial charge in [0.15, 0.2) is 11.5 Å². The number of benzene rings is 1. The minimum absolute atomic E-state index is 0.0399. The van der Waals surface area contributed by atoms with Crippen molar-refractivity contribution in [3.8, 4) is 11.5 Å². The van der Waals surface area contributed by atoms with Crippen LogP contribution in [0, 0.1) is 11.8 Å². The highest BCUT2D eigenvalue weighted by atomic mass is 16.6. The van der Waals surface area contributed by atoms with Crippen molar-refractivity contribution in [2.75, 3.05) is 7.11 Å². The number of phenols is 1. The maximum absolute atomic E-state index is 10.8. The van der Waals surface area contributed by atoms with Gasteiger partial charge < -0.3 is 14.6 Å². The number of aldehydes is 1. The summed E-state index contributed by atoms with van der Waals surface area (Å²) in [5, 5.41) is 9.09. The summed E-state index contributed by atoms with van der Waals surface area (Å²) in [5.74, 6) is -1.03. The minimum atomic E-state index is -0.455. The van der Waals surface area contributed by atoms with Crippen LogP contribution < -0.4 is 4.74 Å². The molecule has 0 aliphatic rings. The van der Waals surface area contributed by atoms with E-state index in [1.807, 2.05) is 0 Å². The normalized spacial score (nSPS) is 9.77. The monoisotopic (exact) mass is 310 g/mol. The second-order valence-electron chi connectivity index (χ2n) is 5.10. The third kappa shape index (κ3) is 6.88. The molecular weight excluding hydrogens is 288 g/mol. The van der Waals surface area contributed by atoms with Crippen molar-refractivity contribution in [3.05, 3.63) is 23.8 Å². The molecule has 1 aromatic carbocycles. The van der Waals surface area contributed by atoms with Crippen LogP contribution in [0.25, 0.3) is 0 Å². The lowest BCUT2D eigenvalue weighted by Crippen LogP contribution is -2.20. The fourth-order valence-electron chi connectivity index (χ4n) is 1.10. The molecule has 0 heterocycles. The van der Waals surface area contributed by atoms with Gasteiger partial charge in [-0.2, -0.15) is 0 Å². The van der Waals surface area contributed by atoms with E-state index >= 15 is 0 Å². The Morgan fingerprint density at radius 1 is 1.09 bits per heavy atom. The van der Waals surface area contributed by atoms with Crippen LogP contribution in [0.4, 0.5) is 0 Å². The molecule has 0 radical (unpaired) electrons. The zero-order valence-corrected chi connectivity index (χ0v) is 13.5. The Labute approximate surface area is 130 Å². The molecule has 22 heavy (non-hydrogen) atoms. The Balaban J connectivity index is 0.000000401. The first-order valence-electron chi connectivity index (χ1n) is 6.80. The molecule has 1 rings (SSSR count). The van der Waals surface area contributed by atoms with Gasteiger partial charge in [0.2, 0.25) is 0 Å². The number of esters is 2. The Kier molecular flexibility index (Phi) is 8.52. The number of hydrogen-bond donors (Lipinski definition) is 1. The quantitative estimate of drug-likeness (QED) is 0.522.